The molecule has 0 aliphatic carbocycles. The van der Waals surface area contributed by atoms with Crippen LogP contribution in [-0.2, 0) is 0 Å². The number of hydrogen-bond donors (Lipinski definition) is 1. The van der Waals surface area contributed by atoms with Crippen LogP contribution in [0.3, 0.4) is 0 Å². The van der Waals surface area contributed by atoms with Crippen molar-refractivity contribution >= 4 is 62.6 Å². The fraction of sp³-hybridized carbons (Fsp3) is 0.0714. The number of nitrogens with one attached hydrogen (secondary N) is 1. The number of ether oxygens (including phenoxy) is 1. The van der Waals surface area contributed by atoms with Gasteiger partial charge in [0.25, 0.3) is 0 Å². The van der Waals surface area contributed by atoms with Crippen molar-refractivity contribution in [2.24, 2.45) is 5.10 Å². The van der Waals surface area contributed by atoms with Crippen molar-refractivity contribution < 1.29 is 4.74 Å². The van der Waals surface area contributed by atoms with Gasteiger partial charge in [-0.2, -0.15) is 5.10 Å². The SMILES string of the molecule is COc1ccc(Br)cc1/C=N\Nc1c(Cl)cc(Cl)cc1Cl. The van der Waals surface area contributed by atoms with E-state index in [0.717, 1.165) is 10.0 Å². The molecule has 3 nitrogen and oxygen atoms in total. The molecule has 0 heterocycles. The standard InChI is InChI=1S/C14H10BrCl3N2O/c1-21-13-3-2-9(15)4-8(13)7-19-20-14-11(17)5-10(16)6-12(14)18/h2-7,20H,1H3/b19-7-. The Labute approximate surface area is 146 Å². The Morgan fingerprint density at radius 2 is 1.81 bits per heavy atom. The van der Waals surface area contributed by atoms with Crippen LogP contribution in [0.2, 0.25) is 15.1 Å². The Balaban J connectivity index is 2.22. The number of benzene rings is 2. The van der Waals surface area contributed by atoms with E-state index in [9.17, 15) is 0 Å². The van der Waals surface area contributed by atoms with Gasteiger partial charge in [0.15, 0.2) is 0 Å². The van der Waals surface area contributed by atoms with Crippen LogP contribution in [0.4, 0.5) is 5.69 Å². The Morgan fingerprint density at radius 3 is 2.43 bits per heavy atom. The summed E-state index contributed by atoms with van der Waals surface area (Å²) in [7, 11) is 1.60. The molecule has 0 fully saturated rings. The summed E-state index contributed by atoms with van der Waals surface area (Å²) in [5.41, 5.74) is 4.10. The average molecular weight is 409 g/mol. The molecule has 1 N–H and O–H groups in total. The first-order chi connectivity index (χ1) is 10.0. The second-order valence-corrected chi connectivity index (χ2v) is 6.17. The van der Waals surface area contributed by atoms with E-state index in [1.165, 1.54) is 0 Å². The zero-order chi connectivity index (χ0) is 15.4. The van der Waals surface area contributed by atoms with E-state index in [1.54, 1.807) is 25.5 Å². The summed E-state index contributed by atoms with van der Waals surface area (Å²) in [6, 6.07) is 8.79. The smallest absolute Gasteiger partial charge is 0.127 e. The molecule has 0 aliphatic rings. The quantitative estimate of drug-likeness (QED) is 0.507. The van der Waals surface area contributed by atoms with Crippen LogP contribution < -0.4 is 10.2 Å². The van der Waals surface area contributed by atoms with Crippen LogP contribution in [0.1, 0.15) is 5.56 Å². The molecule has 0 radical (unpaired) electrons. The topological polar surface area (TPSA) is 33.6 Å². The van der Waals surface area contributed by atoms with Crippen LogP contribution in [0.15, 0.2) is 39.9 Å². The summed E-state index contributed by atoms with van der Waals surface area (Å²) in [5, 5.41) is 5.38. The lowest BCUT2D eigenvalue weighted by molar-refractivity contribution is 0.414. The number of methoxy groups -OCH3 is 1. The van der Waals surface area contributed by atoms with Crippen molar-refractivity contribution in [3.8, 4) is 5.75 Å². The van der Waals surface area contributed by atoms with Crippen molar-refractivity contribution in [3.05, 3.63) is 55.4 Å². The Morgan fingerprint density at radius 1 is 1.14 bits per heavy atom. The lowest BCUT2D eigenvalue weighted by Crippen LogP contribution is -1.95. The highest BCUT2D eigenvalue weighted by Gasteiger charge is 2.07. The van der Waals surface area contributed by atoms with E-state index in [-0.39, 0.29) is 0 Å². The van der Waals surface area contributed by atoms with E-state index in [0.29, 0.717) is 26.5 Å². The molecular formula is C14H10BrCl3N2O. The molecule has 0 unspecified atom stereocenters. The fourth-order valence-corrected chi connectivity index (χ4v) is 2.90. The number of halogens is 4. The first kappa shape index (κ1) is 16.4. The molecule has 0 saturated heterocycles. The predicted molar refractivity (Wildman–Crippen MR) is 93.4 cm³/mol. The Bertz CT molecular complexity index is 669. The van der Waals surface area contributed by atoms with E-state index >= 15 is 0 Å². The molecule has 2 aromatic carbocycles. The first-order valence-electron chi connectivity index (χ1n) is 5.78. The molecule has 110 valence electrons. The maximum absolute atomic E-state index is 6.06. The molecule has 0 aliphatic heterocycles. The molecule has 0 saturated carbocycles. The van der Waals surface area contributed by atoms with Gasteiger partial charge in [0.05, 0.1) is 29.1 Å². The molecule has 7 heteroatoms. The maximum atomic E-state index is 6.06. The van der Waals surface area contributed by atoms with E-state index in [2.05, 4.69) is 26.5 Å². The summed E-state index contributed by atoms with van der Waals surface area (Å²) in [4.78, 5) is 0. The number of rotatable bonds is 4. The van der Waals surface area contributed by atoms with Gasteiger partial charge in [-0.05, 0) is 30.3 Å². The molecule has 0 amide bonds. The largest absolute Gasteiger partial charge is 0.496 e. The molecular weight excluding hydrogens is 398 g/mol. The van der Waals surface area contributed by atoms with Gasteiger partial charge in [-0.15, -0.1) is 0 Å². The fourth-order valence-electron chi connectivity index (χ4n) is 1.62. The molecule has 0 aromatic heterocycles. The van der Waals surface area contributed by atoms with E-state index in [1.807, 2.05) is 18.2 Å². The molecule has 2 aromatic rings. The lowest BCUT2D eigenvalue weighted by atomic mass is 10.2. The first-order valence-corrected chi connectivity index (χ1v) is 7.71. The van der Waals surface area contributed by atoms with Gasteiger partial charge < -0.3 is 4.74 Å². The Hall–Kier alpha value is -0.940. The second kappa shape index (κ2) is 7.36. The lowest BCUT2D eigenvalue weighted by Gasteiger charge is -2.07. The van der Waals surface area contributed by atoms with Crippen LogP contribution in [-0.4, -0.2) is 13.3 Å². The molecule has 2 rings (SSSR count). The van der Waals surface area contributed by atoms with Crippen molar-refractivity contribution in [2.45, 2.75) is 0 Å². The maximum Gasteiger partial charge on any atom is 0.127 e. The van der Waals surface area contributed by atoms with Crippen LogP contribution >= 0.6 is 50.7 Å². The predicted octanol–water partition coefficient (Wildman–Crippen LogP) is 5.86. The summed E-state index contributed by atoms with van der Waals surface area (Å²) in [6.45, 7) is 0. The summed E-state index contributed by atoms with van der Waals surface area (Å²) < 4.78 is 6.18. The summed E-state index contributed by atoms with van der Waals surface area (Å²) in [6.07, 6.45) is 1.62. The number of anilines is 1. The molecule has 21 heavy (non-hydrogen) atoms. The van der Waals surface area contributed by atoms with Gasteiger partial charge in [-0.3, -0.25) is 5.43 Å². The number of hydrazone groups is 1. The van der Waals surface area contributed by atoms with Gasteiger partial charge in [0, 0.05) is 15.1 Å². The van der Waals surface area contributed by atoms with Gasteiger partial charge in [0.1, 0.15) is 5.75 Å². The van der Waals surface area contributed by atoms with Crippen LogP contribution in [0.5, 0.6) is 5.75 Å². The minimum atomic E-state index is 0.394. The van der Waals surface area contributed by atoms with Crippen LogP contribution in [0.25, 0.3) is 0 Å². The number of nitrogens with zero attached hydrogens (tertiary/aromatic N) is 1. The highest BCUT2D eigenvalue weighted by Crippen LogP contribution is 2.33. The average Bonchev–Trinajstić information content (AvgIpc) is 2.42. The minimum Gasteiger partial charge on any atom is -0.496 e. The zero-order valence-electron chi connectivity index (χ0n) is 10.8. The third-order valence-corrected chi connectivity index (χ3v) is 3.89. The van der Waals surface area contributed by atoms with Crippen molar-refractivity contribution in [1.82, 2.24) is 0 Å². The van der Waals surface area contributed by atoms with E-state index in [4.69, 9.17) is 39.5 Å². The molecule has 0 spiro atoms. The highest BCUT2D eigenvalue weighted by atomic mass is 79.9. The molecule has 0 bridgehead atoms. The highest BCUT2D eigenvalue weighted by molar-refractivity contribution is 9.10. The van der Waals surface area contributed by atoms with Gasteiger partial charge in [-0.1, -0.05) is 50.7 Å². The Kier molecular flexibility index (Phi) is 5.76. The monoisotopic (exact) mass is 406 g/mol. The van der Waals surface area contributed by atoms with Crippen molar-refractivity contribution in [1.29, 1.82) is 0 Å². The minimum absolute atomic E-state index is 0.394. The van der Waals surface area contributed by atoms with Gasteiger partial charge >= 0.3 is 0 Å². The third-order valence-electron chi connectivity index (χ3n) is 2.58. The van der Waals surface area contributed by atoms with Crippen molar-refractivity contribution in [2.75, 3.05) is 12.5 Å². The second-order valence-electron chi connectivity index (χ2n) is 4.00. The van der Waals surface area contributed by atoms with Crippen LogP contribution in [0, 0.1) is 0 Å². The third kappa shape index (κ3) is 4.27. The normalized spacial score (nSPS) is 10.9. The number of hydrogen-bond acceptors (Lipinski definition) is 3. The van der Waals surface area contributed by atoms with Crippen molar-refractivity contribution in [3.63, 3.8) is 0 Å². The zero-order valence-corrected chi connectivity index (χ0v) is 14.7. The summed E-state index contributed by atoms with van der Waals surface area (Å²) in [5.74, 6) is 0.706. The summed E-state index contributed by atoms with van der Waals surface area (Å²) >= 11 is 21.4. The van der Waals surface area contributed by atoms with Gasteiger partial charge in [-0.25, -0.2) is 0 Å². The van der Waals surface area contributed by atoms with Gasteiger partial charge in [0.2, 0.25) is 0 Å². The van der Waals surface area contributed by atoms with E-state index < -0.39 is 0 Å². The molecule has 0 atom stereocenters.